The maximum atomic E-state index is 10.3. The second-order valence-corrected chi connectivity index (χ2v) is 6.80. The summed E-state index contributed by atoms with van der Waals surface area (Å²) in [7, 11) is 4.02. The maximum Gasteiger partial charge on any atom is 0.316 e. The molecule has 0 amide bonds. The van der Waals surface area contributed by atoms with E-state index >= 15 is 0 Å². The summed E-state index contributed by atoms with van der Waals surface area (Å²) in [6.45, 7) is 4.95. The van der Waals surface area contributed by atoms with Crippen LogP contribution in [0.25, 0.3) is 0 Å². The molecule has 1 aromatic heterocycles. The maximum absolute atomic E-state index is 10.3. The molecule has 1 aliphatic rings. The second kappa shape index (κ2) is 7.09. The van der Waals surface area contributed by atoms with Crippen LogP contribution < -0.4 is 14.9 Å². The molecule has 0 bridgehead atoms. The molecule has 2 N–H and O–H groups in total. The van der Waals surface area contributed by atoms with Crippen molar-refractivity contribution in [3.63, 3.8) is 0 Å². The van der Waals surface area contributed by atoms with Crippen LogP contribution in [0.4, 0.5) is 11.5 Å². The van der Waals surface area contributed by atoms with E-state index in [1.54, 1.807) is 0 Å². The number of rotatable bonds is 5. The standard InChI is InChI=1S/C19H26N4O/c1-15-11-18(21(2)3)12-19(23(15)24)20-17-9-10-22(14-17)13-16-7-5-4-6-8-16/h4-8,11-12,17,24H,9-10,13-14H2,1-3H3/p+1/t17-/m0/s1. The number of hydrogen-bond acceptors (Lipinski definition) is 4. The van der Waals surface area contributed by atoms with Gasteiger partial charge in [0.15, 0.2) is 0 Å². The summed E-state index contributed by atoms with van der Waals surface area (Å²) in [4.78, 5) is 4.51. The van der Waals surface area contributed by atoms with Gasteiger partial charge in [0.1, 0.15) is 11.7 Å². The van der Waals surface area contributed by atoms with Gasteiger partial charge in [-0.1, -0.05) is 30.3 Å². The number of aromatic nitrogens is 1. The van der Waals surface area contributed by atoms with Crippen molar-refractivity contribution in [2.45, 2.75) is 25.9 Å². The van der Waals surface area contributed by atoms with Crippen molar-refractivity contribution in [3.05, 3.63) is 53.7 Å². The topological polar surface area (TPSA) is 42.6 Å². The van der Waals surface area contributed by atoms with Crippen LogP contribution in [0.2, 0.25) is 0 Å². The lowest BCUT2D eigenvalue weighted by Gasteiger charge is -2.16. The smallest absolute Gasteiger partial charge is 0.316 e. The average Bonchev–Trinajstić information content (AvgIpc) is 2.99. The zero-order valence-electron chi connectivity index (χ0n) is 14.7. The molecular weight excluding hydrogens is 300 g/mol. The third kappa shape index (κ3) is 3.79. The molecule has 5 nitrogen and oxygen atoms in total. The summed E-state index contributed by atoms with van der Waals surface area (Å²) in [5, 5.41) is 13.8. The molecule has 24 heavy (non-hydrogen) atoms. The van der Waals surface area contributed by atoms with Gasteiger partial charge in [-0.3, -0.25) is 10.2 Å². The Bertz CT molecular complexity index is 687. The lowest BCUT2D eigenvalue weighted by Crippen LogP contribution is -2.40. The van der Waals surface area contributed by atoms with Crippen molar-refractivity contribution in [3.8, 4) is 0 Å². The summed E-state index contributed by atoms with van der Waals surface area (Å²) in [6, 6.07) is 14.9. The van der Waals surface area contributed by atoms with Gasteiger partial charge in [-0.25, -0.2) is 0 Å². The van der Waals surface area contributed by atoms with Gasteiger partial charge in [0.25, 0.3) is 0 Å². The number of aryl methyl sites for hydroxylation is 1. The summed E-state index contributed by atoms with van der Waals surface area (Å²) in [5.41, 5.74) is 3.25. The first kappa shape index (κ1) is 16.6. The van der Waals surface area contributed by atoms with E-state index in [9.17, 15) is 5.21 Å². The Morgan fingerprint density at radius 3 is 2.71 bits per heavy atom. The molecule has 5 heteroatoms. The Balaban J connectivity index is 1.65. The van der Waals surface area contributed by atoms with Crippen molar-refractivity contribution >= 4 is 11.5 Å². The zero-order chi connectivity index (χ0) is 17.1. The number of likely N-dealkylation sites (tertiary alicyclic amines) is 1. The van der Waals surface area contributed by atoms with Gasteiger partial charge < -0.3 is 10.1 Å². The summed E-state index contributed by atoms with van der Waals surface area (Å²) < 4.78 is 1.24. The Hall–Kier alpha value is -2.27. The van der Waals surface area contributed by atoms with Crippen LogP contribution in [-0.2, 0) is 6.54 Å². The van der Waals surface area contributed by atoms with E-state index < -0.39 is 0 Å². The van der Waals surface area contributed by atoms with Crippen LogP contribution in [0.5, 0.6) is 0 Å². The zero-order valence-corrected chi connectivity index (χ0v) is 14.7. The van der Waals surface area contributed by atoms with Crippen molar-refractivity contribution in [1.82, 2.24) is 4.90 Å². The molecule has 1 saturated heterocycles. The molecule has 2 heterocycles. The fraction of sp³-hybridized carbons (Fsp3) is 0.421. The number of anilines is 2. The minimum Gasteiger partial charge on any atom is -0.377 e. The highest BCUT2D eigenvalue weighted by Crippen LogP contribution is 2.20. The molecule has 0 unspecified atom stereocenters. The molecular formula is C19H27N4O+. The number of pyridine rings is 1. The molecule has 1 aromatic carbocycles. The predicted molar refractivity (Wildman–Crippen MR) is 96.6 cm³/mol. The average molecular weight is 327 g/mol. The third-order valence-corrected chi connectivity index (χ3v) is 4.59. The van der Waals surface area contributed by atoms with Gasteiger partial charge in [0.05, 0.1) is 6.07 Å². The van der Waals surface area contributed by atoms with Crippen LogP contribution in [0, 0.1) is 6.92 Å². The number of hydrogen-bond donors (Lipinski definition) is 2. The SMILES string of the molecule is Cc1cc(N(C)C)cc(N[C@H]2CCN(Cc3ccccc3)C2)[n+]1O. The van der Waals surface area contributed by atoms with E-state index in [1.165, 1.54) is 10.3 Å². The third-order valence-electron chi connectivity index (χ3n) is 4.59. The van der Waals surface area contributed by atoms with Crippen molar-refractivity contribution in [2.75, 3.05) is 37.4 Å². The van der Waals surface area contributed by atoms with E-state index in [4.69, 9.17) is 0 Å². The number of nitrogens with zero attached hydrogens (tertiary/aromatic N) is 3. The highest BCUT2D eigenvalue weighted by molar-refractivity contribution is 5.51. The molecule has 0 saturated carbocycles. The van der Waals surface area contributed by atoms with Gasteiger partial charge >= 0.3 is 5.82 Å². The largest absolute Gasteiger partial charge is 0.377 e. The van der Waals surface area contributed by atoms with Gasteiger partial charge in [-0.05, 0) is 10.3 Å². The van der Waals surface area contributed by atoms with Crippen molar-refractivity contribution < 1.29 is 9.94 Å². The minimum atomic E-state index is 0.351. The molecule has 0 radical (unpaired) electrons. The second-order valence-electron chi connectivity index (χ2n) is 6.80. The first-order valence-electron chi connectivity index (χ1n) is 8.49. The van der Waals surface area contributed by atoms with E-state index in [-0.39, 0.29) is 0 Å². The number of nitrogens with one attached hydrogen (secondary N) is 1. The first-order chi connectivity index (χ1) is 11.5. The minimum absolute atomic E-state index is 0.351. The molecule has 0 spiro atoms. The predicted octanol–water partition coefficient (Wildman–Crippen LogP) is 2.27. The fourth-order valence-electron chi connectivity index (χ4n) is 3.21. The Kier molecular flexibility index (Phi) is 4.90. The van der Waals surface area contributed by atoms with E-state index in [1.807, 2.05) is 33.2 Å². The van der Waals surface area contributed by atoms with E-state index in [0.717, 1.165) is 43.3 Å². The first-order valence-corrected chi connectivity index (χ1v) is 8.49. The molecule has 2 aromatic rings. The van der Waals surface area contributed by atoms with E-state index in [2.05, 4.69) is 45.4 Å². The molecule has 3 rings (SSSR count). The van der Waals surface area contributed by atoms with Crippen LogP contribution in [0.15, 0.2) is 42.5 Å². The molecule has 1 fully saturated rings. The highest BCUT2D eigenvalue weighted by atomic mass is 16.5. The molecule has 0 aliphatic carbocycles. The Labute approximate surface area is 144 Å². The van der Waals surface area contributed by atoms with E-state index in [0.29, 0.717) is 6.04 Å². The monoisotopic (exact) mass is 327 g/mol. The lowest BCUT2D eigenvalue weighted by molar-refractivity contribution is -0.897. The van der Waals surface area contributed by atoms with Crippen LogP contribution in [0.3, 0.4) is 0 Å². The fourth-order valence-corrected chi connectivity index (χ4v) is 3.21. The lowest BCUT2D eigenvalue weighted by atomic mass is 10.2. The van der Waals surface area contributed by atoms with Gasteiger partial charge in [-0.15, -0.1) is 0 Å². The molecule has 128 valence electrons. The van der Waals surface area contributed by atoms with Crippen LogP contribution in [-0.4, -0.2) is 43.3 Å². The normalized spacial score (nSPS) is 17.9. The quantitative estimate of drug-likeness (QED) is 0.653. The van der Waals surface area contributed by atoms with Crippen LogP contribution >= 0.6 is 0 Å². The summed E-state index contributed by atoms with van der Waals surface area (Å²) >= 11 is 0. The van der Waals surface area contributed by atoms with Crippen LogP contribution in [0.1, 0.15) is 17.7 Å². The number of benzene rings is 1. The van der Waals surface area contributed by atoms with Gasteiger partial charge in [0, 0.05) is 58.8 Å². The van der Waals surface area contributed by atoms with Crippen molar-refractivity contribution in [1.29, 1.82) is 0 Å². The van der Waals surface area contributed by atoms with Gasteiger partial charge in [-0.2, -0.15) is 0 Å². The highest BCUT2D eigenvalue weighted by Gasteiger charge is 2.27. The summed E-state index contributed by atoms with van der Waals surface area (Å²) in [6.07, 6.45) is 1.08. The Morgan fingerprint density at radius 1 is 1.25 bits per heavy atom. The van der Waals surface area contributed by atoms with Gasteiger partial charge in [0.2, 0.25) is 0 Å². The molecule has 1 atom stereocenters. The Morgan fingerprint density at radius 2 is 2.00 bits per heavy atom. The van der Waals surface area contributed by atoms with Crippen molar-refractivity contribution in [2.24, 2.45) is 0 Å². The summed E-state index contributed by atoms with van der Waals surface area (Å²) in [5.74, 6) is 0.755. The molecule has 1 aliphatic heterocycles.